The predicted molar refractivity (Wildman–Crippen MR) is 102 cm³/mol. The molecule has 2 heterocycles. The number of hydrogen-bond donors (Lipinski definition) is 2. The highest BCUT2D eigenvalue weighted by Gasteiger charge is 2.17. The van der Waals surface area contributed by atoms with Crippen LogP contribution in [-0.2, 0) is 11.8 Å². The summed E-state index contributed by atoms with van der Waals surface area (Å²) in [6, 6.07) is 5.95. The van der Waals surface area contributed by atoms with Gasteiger partial charge in [0.25, 0.3) is 0 Å². The molecule has 0 fully saturated rings. The number of fused-ring (bicyclic) bond motifs is 1. The third-order valence-corrected chi connectivity index (χ3v) is 4.27. The predicted octanol–water partition coefficient (Wildman–Crippen LogP) is 1.39. The third-order valence-electron chi connectivity index (χ3n) is 4.27. The van der Waals surface area contributed by atoms with Crippen molar-refractivity contribution in [3.05, 3.63) is 40.0 Å². The summed E-state index contributed by atoms with van der Waals surface area (Å²) in [7, 11) is 3.48. The summed E-state index contributed by atoms with van der Waals surface area (Å²) in [4.78, 5) is 4.56. The quantitative estimate of drug-likeness (QED) is 0.786. The molecule has 1 aromatic heterocycles. The summed E-state index contributed by atoms with van der Waals surface area (Å²) in [6.07, 6.45) is 4.52. The highest BCUT2D eigenvalue weighted by Crippen LogP contribution is 2.23. The van der Waals surface area contributed by atoms with Gasteiger partial charge in [-0.15, -0.1) is 0 Å². The third kappa shape index (κ3) is 3.94. The van der Waals surface area contributed by atoms with Crippen molar-refractivity contribution in [3.8, 4) is 5.88 Å². The Morgan fingerprint density at radius 3 is 2.88 bits per heavy atom. The zero-order chi connectivity index (χ0) is 18.7. The van der Waals surface area contributed by atoms with Crippen LogP contribution in [0, 0.1) is 5.92 Å². The van der Waals surface area contributed by atoms with E-state index in [-0.39, 0.29) is 11.9 Å². The van der Waals surface area contributed by atoms with Crippen molar-refractivity contribution in [2.75, 3.05) is 19.0 Å². The van der Waals surface area contributed by atoms with Crippen molar-refractivity contribution in [1.29, 1.82) is 0 Å². The van der Waals surface area contributed by atoms with Crippen LogP contribution in [0.5, 0.6) is 5.88 Å². The first-order chi connectivity index (χ1) is 12.5. The van der Waals surface area contributed by atoms with Gasteiger partial charge in [0.05, 0.1) is 24.2 Å². The topological polar surface area (TPSA) is 84.0 Å². The Labute approximate surface area is 152 Å². The Bertz CT molecular complexity index is 930. The van der Waals surface area contributed by atoms with Crippen LogP contribution < -0.4 is 15.9 Å². The second kappa shape index (κ2) is 7.70. The molecule has 1 aliphatic rings. The van der Waals surface area contributed by atoms with Crippen LogP contribution in [0.4, 0.5) is 5.95 Å². The molecule has 0 bridgehead atoms. The number of rotatable bonds is 7. The monoisotopic (exact) mass is 355 g/mol. The maximum Gasteiger partial charge on any atom is 0.220 e. The van der Waals surface area contributed by atoms with Gasteiger partial charge in [0.1, 0.15) is 5.69 Å². The number of benzene rings is 1. The molecule has 2 N–H and O–H groups in total. The SMILES string of the molecule is COC[C@@H](CC(C)C)Nc1nc(/C=c2\ccc3c(c2)C=NN=3)c(O)n1C. The summed E-state index contributed by atoms with van der Waals surface area (Å²) in [6.45, 7) is 4.92. The molecule has 2 aromatic rings. The lowest BCUT2D eigenvalue weighted by Gasteiger charge is -2.20. The molecule has 26 heavy (non-hydrogen) atoms. The van der Waals surface area contributed by atoms with Gasteiger partial charge in [-0.1, -0.05) is 19.9 Å². The Kier molecular flexibility index (Phi) is 5.37. The van der Waals surface area contributed by atoms with E-state index in [1.54, 1.807) is 24.9 Å². The smallest absolute Gasteiger partial charge is 0.220 e. The van der Waals surface area contributed by atoms with Gasteiger partial charge in [-0.05, 0) is 35.8 Å². The summed E-state index contributed by atoms with van der Waals surface area (Å²) < 4.78 is 6.95. The molecule has 3 rings (SSSR count). The fourth-order valence-corrected chi connectivity index (χ4v) is 3.03. The lowest BCUT2D eigenvalue weighted by atomic mass is 10.0. The van der Waals surface area contributed by atoms with Gasteiger partial charge in [0.15, 0.2) is 0 Å². The van der Waals surface area contributed by atoms with E-state index in [0.717, 1.165) is 22.6 Å². The molecular weight excluding hydrogens is 330 g/mol. The van der Waals surface area contributed by atoms with E-state index in [1.165, 1.54) is 0 Å². The van der Waals surface area contributed by atoms with E-state index >= 15 is 0 Å². The van der Waals surface area contributed by atoms with E-state index in [0.29, 0.717) is 24.2 Å². The van der Waals surface area contributed by atoms with Crippen molar-refractivity contribution in [2.45, 2.75) is 26.3 Å². The largest absolute Gasteiger partial charge is 0.493 e. The molecule has 7 heteroatoms. The van der Waals surface area contributed by atoms with Crippen molar-refractivity contribution >= 4 is 18.2 Å². The maximum absolute atomic E-state index is 10.5. The summed E-state index contributed by atoms with van der Waals surface area (Å²) >= 11 is 0. The van der Waals surface area contributed by atoms with E-state index in [1.807, 2.05) is 24.3 Å². The van der Waals surface area contributed by atoms with Gasteiger partial charge >= 0.3 is 0 Å². The summed E-state index contributed by atoms with van der Waals surface area (Å²) in [5, 5.41) is 23.5. The first-order valence-corrected chi connectivity index (χ1v) is 8.72. The van der Waals surface area contributed by atoms with E-state index in [4.69, 9.17) is 4.74 Å². The molecule has 7 nitrogen and oxygen atoms in total. The van der Waals surface area contributed by atoms with Gasteiger partial charge in [0, 0.05) is 19.7 Å². The molecule has 1 aromatic carbocycles. The number of anilines is 1. The van der Waals surface area contributed by atoms with Crippen molar-refractivity contribution in [1.82, 2.24) is 9.55 Å². The van der Waals surface area contributed by atoms with Crippen LogP contribution in [0.1, 0.15) is 31.5 Å². The number of hydrogen-bond acceptors (Lipinski definition) is 6. The molecule has 1 atom stereocenters. The number of nitrogens with one attached hydrogen (secondary N) is 1. The molecule has 0 unspecified atom stereocenters. The highest BCUT2D eigenvalue weighted by molar-refractivity contribution is 5.80. The van der Waals surface area contributed by atoms with Crippen LogP contribution in [0.15, 0.2) is 28.4 Å². The summed E-state index contributed by atoms with van der Waals surface area (Å²) in [5.74, 6) is 1.27. The Morgan fingerprint density at radius 2 is 2.15 bits per heavy atom. The molecule has 0 aliphatic carbocycles. The Morgan fingerprint density at radius 1 is 1.35 bits per heavy atom. The minimum atomic E-state index is 0.118. The molecule has 0 saturated carbocycles. The lowest BCUT2D eigenvalue weighted by molar-refractivity contribution is 0.177. The molecule has 0 radical (unpaired) electrons. The second-order valence-corrected chi connectivity index (χ2v) is 6.94. The van der Waals surface area contributed by atoms with Crippen molar-refractivity contribution in [3.63, 3.8) is 0 Å². The standard InChI is InChI=1S/C19H25N5O2/c1-12(2)7-15(11-26-4)21-19-22-17(18(25)24(19)3)9-13-5-6-16-14(8-13)10-20-23-16/h5-6,8-10,12,15,25H,7,11H2,1-4H3,(H,21,22)/b13-9+/t15-/m1/s1. The molecular formula is C19H25N5O2. The van der Waals surface area contributed by atoms with Crippen LogP contribution in [0.3, 0.4) is 0 Å². The van der Waals surface area contributed by atoms with Crippen molar-refractivity contribution in [2.24, 2.45) is 23.2 Å². The summed E-state index contributed by atoms with van der Waals surface area (Å²) in [5.41, 5.74) is 1.48. The highest BCUT2D eigenvalue weighted by atomic mass is 16.5. The zero-order valence-electron chi connectivity index (χ0n) is 15.6. The van der Waals surface area contributed by atoms with Gasteiger partial charge in [0.2, 0.25) is 11.8 Å². The van der Waals surface area contributed by atoms with Crippen LogP contribution in [0.2, 0.25) is 0 Å². The zero-order valence-corrected chi connectivity index (χ0v) is 15.6. The minimum absolute atomic E-state index is 0.118. The lowest BCUT2D eigenvalue weighted by Crippen LogP contribution is -2.28. The fourth-order valence-electron chi connectivity index (χ4n) is 3.03. The number of aromatic nitrogens is 2. The molecule has 0 amide bonds. The number of methoxy groups -OCH3 is 1. The van der Waals surface area contributed by atoms with E-state index in [9.17, 15) is 5.11 Å². The van der Waals surface area contributed by atoms with E-state index in [2.05, 4.69) is 34.4 Å². The van der Waals surface area contributed by atoms with Gasteiger partial charge in [-0.3, -0.25) is 4.57 Å². The number of aromatic hydroxyl groups is 1. The Hall–Kier alpha value is -2.67. The molecule has 0 spiro atoms. The number of nitrogens with zero attached hydrogens (tertiary/aromatic N) is 4. The van der Waals surface area contributed by atoms with E-state index < -0.39 is 0 Å². The molecule has 138 valence electrons. The number of imidazole rings is 1. The normalized spacial score (nSPS) is 14.6. The van der Waals surface area contributed by atoms with Crippen LogP contribution in [0.25, 0.3) is 6.08 Å². The minimum Gasteiger partial charge on any atom is -0.493 e. The molecule has 0 saturated heterocycles. The van der Waals surface area contributed by atoms with Crippen molar-refractivity contribution < 1.29 is 9.84 Å². The molecule has 1 aliphatic heterocycles. The second-order valence-electron chi connectivity index (χ2n) is 6.94. The number of ether oxygens (including phenoxy) is 1. The van der Waals surface area contributed by atoms with Gasteiger partial charge in [-0.2, -0.15) is 10.2 Å². The van der Waals surface area contributed by atoms with Crippen LogP contribution >= 0.6 is 0 Å². The average molecular weight is 355 g/mol. The van der Waals surface area contributed by atoms with Gasteiger partial charge < -0.3 is 15.2 Å². The first kappa shape index (κ1) is 18.1. The fraction of sp³-hybridized carbons (Fsp3) is 0.421. The maximum atomic E-state index is 10.5. The first-order valence-electron chi connectivity index (χ1n) is 8.72. The Balaban J connectivity index is 1.88. The van der Waals surface area contributed by atoms with Crippen LogP contribution in [-0.4, -0.2) is 40.6 Å². The average Bonchev–Trinajstić information content (AvgIpc) is 3.15. The van der Waals surface area contributed by atoms with Gasteiger partial charge in [-0.25, -0.2) is 4.98 Å².